The molecule has 12 nitrogen and oxygen atoms in total. The van der Waals surface area contributed by atoms with Crippen LogP contribution in [0.1, 0.15) is 38.8 Å². The van der Waals surface area contributed by atoms with Crippen LogP contribution in [0, 0.1) is 5.92 Å². The first kappa shape index (κ1) is 28.3. The Hall–Kier alpha value is -2.74. The zero-order chi connectivity index (χ0) is 27.3. The lowest BCUT2D eigenvalue weighted by atomic mass is 10.0. The standard InChI is InChI=1S/C25H37N5O7S/c1-18-13-30(19(2)16-31)25(32)6-4-9-29-14-20(26-27-29)17-37-24(18)15-28(3)38(33,34)21-7-8-22-23(12-21)36-11-5-10-35-22/h7-8,12,14,18-19,24,31H,4-6,9-11,13,15-17H2,1-3H3/t18-,19-,24+/m0/s1. The first-order valence-electron chi connectivity index (χ1n) is 13.0. The number of fused-ring (bicyclic) bond motifs is 3. The molecule has 0 unspecified atom stereocenters. The van der Waals surface area contributed by atoms with Gasteiger partial charge in [0.05, 0.1) is 49.7 Å². The molecule has 0 saturated heterocycles. The summed E-state index contributed by atoms with van der Waals surface area (Å²) in [7, 11) is -2.38. The van der Waals surface area contributed by atoms with E-state index in [0.717, 1.165) is 6.42 Å². The highest BCUT2D eigenvalue weighted by atomic mass is 32.2. The number of amides is 1. The number of ether oxygens (including phenoxy) is 3. The molecule has 3 atom stereocenters. The maximum absolute atomic E-state index is 13.5. The minimum atomic E-state index is -3.89. The van der Waals surface area contributed by atoms with Gasteiger partial charge >= 0.3 is 0 Å². The molecular weight excluding hydrogens is 514 g/mol. The van der Waals surface area contributed by atoms with E-state index in [-0.39, 0.29) is 42.5 Å². The molecule has 0 fully saturated rings. The molecule has 38 heavy (non-hydrogen) atoms. The lowest BCUT2D eigenvalue weighted by Gasteiger charge is -2.35. The fraction of sp³-hybridized carbons (Fsp3) is 0.640. The van der Waals surface area contributed by atoms with Crippen molar-refractivity contribution in [2.75, 3.05) is 40.0 Å². The van der Waals surface area contributed by atoms with E-state index in [4.69, 9.17) is 14.2 Å². The van der Waals surface area contributed by atoms with Crippen molar-refractivity contribution in [1.82, 2.24) is 24.2 Å². The summed E-state index contributed by atoms with van der Waals surface area (Å²) in [6.07, 6.45) is 2.82. The van der Waals surface area contributed by atoms with Gasteiger partial charge in [0, 0.05) is 51.5 Å². The zero-order valence-electron chi connectivity index (χ0n) is 22.2. The van der Waals surface area contributed by atoms with Crippen LogP contribution in [-0.4, -0.2) is 95.7 Å². The third-order valence-electron chi connectivity index (χ3n) is 6.91. The quantitative estimate of drug-likeness (QED) is 0.563. The van der Waals surface area contributed by atoms with Crippen molar-refractivity contribution in [2.45, 2.75) is 63.3 Å². The van der Waals surface area contributed by atoms with Crippen molar-refractivity contribution in [1.29, 1.82) is 0 Å². The number of carbonyl (C=O) groups excluding carboxylic acids is 1. The number of likely N-dealkylation sites (N-methyl/N-ethyl adjacent to an activating group) is 1. The Bertz CT molecular complexity index is 1200. The predicted molar refractivity (Wildman–Crippen MR) is 137 cm³/mol. The van der Waals surface area contributed by atoms with Crippen LogP contribution in [0.4, 0.5) is 0 Å². The smallest absolute Gasteiger partial charge is 0.243 e. The number of carbonyl (C=O) groups is 1. The van der Waals surface area contributed by atoms with E-state index in [1.807, 2.05) is 6.92 Å². The highest BCUT2D eigenvalue weighted by Gasteiger charge is 2.31. The molecule has 1 aromatic heterocycles. The second-order valence-electron chi connectivity index (χ2n) is 9.93. The van der Waals surface area contributed by atoms with Gasteiger partial charge in [-0.1, -0.05) is 12.1 Å². The van der Waals surface area contributed by atoms with Gasteiger partial charge in [0.1, 0.15) is 5.69 Å². The van der Waals surface area contributed by atoms with Gasteiger partial charge < -0.3 is 24.2 Å². The van der Waals surface area contributed by atoms with Crippen molar-refractivity contribution < 1.29 is 32.5 Å². The summed E-state index contributed by atoms with van der Waals surface area (Å²) in [6, 6.07) is 4.23. The topological polar surface area (TPSA) is 136 Å². The van der Waals surface area contributed by atoms with E-state index in [9.17, 15) is 18.3 Å². The molecule has 1 aromatic carbocycles. The van der Waals surface area contributed by atoms with Gasteiger partial charge in [0.25, 0.3) is 0 Å². The third-order valence-corrected chi connectivity index (χ3v) is 8.73. The van der Waals surface area contributed by atoms with Crippen LogP contribution in [0.25, 0.3) is 0 Å². The molecule has 0 radical (unpaired) electrons. The number of aryl methyl sites for hydroxylation is 1. The van der Waals surface area contributed by atoms with Crippen LogP contribution in [0.5, 0.6) is 11.5 Å². The van der Waals surface area contributed by atoms with Gasteiger partial charge in [-0.3, -0.25) is 9.48 Å². The number of sulfonamides is 1. The second-order valence-corrected chi connectivity index (χ2v) is 12.0. The molecule has 4 rings (SSSR count). The molecule has 2 aliphatic rings. The van der Waals surface area contributed by atoms with Crippen LogP contribution in [0.15, 0.2) is 29.3 Å². The average Bonchev–Trinajstić information content (AvgIpc) is 3.22. The number of hydrogen-bond acceptors (Lipinski definition) is 9. The first-order chi connectivity index (χ1) is 18.2. The second kappa shape index (κ2) is 12.4. The highest BCUT2D eigenvalue weighted by molar-refractivity contribution is 7.89. The lowest BCUT2D eigenvalue weighted by molar-refractivity contribution is -0.136. The largest absolute Gasteiger partial charge is 0.490 e. The Morgan fingerprint density at radius 2 is 1.97 bits per heavy atom. The van der Waals surface area contributed by atoms with Crippen molar-refractivity contribution in [3.8, 4) is 11.5 Å². The molecule has 1 N–H and O–H groups in total. The molecule has 210 valence electrons. The summed E-state index contributed by atoms with van der Waals surface area (Å²) in [5.74, 6) is 0.598. The fourth-order valence-electron chi connectivity index (χ4n) is 4.53. The number of aliphatic hydroxyl groups excluding tert-OH is 1. The molecule has 2 bridgehead atoms. The molecule has 0 aliphatic carbocycles. The van der Waals surface area contributed by atoms with Crippen LogP contribution < -0.4 is 9.47 Å². The predicted octanol–water partition coefficient (Wildman–Crippen LogP) is 1.28. The number of benzene rings is 1. The van der Waals surface area contributed by atoms with Gasteiger partial charge in [-0.05, 0) is 25.5 Å². The summed E-state index contributed by atoms with van der Waals surface area (Å²) < 4.78 is 47.5. The van der Waals surface area contributed by atoms with Crippen molar-refractivity contribution in [3.63, 3.8) is 0 Å². The normalized spacial score (nSPS) is 22.2. The van der Waals surface area contributed by atoms with Crippen LogP contribution in [0.3, 0.4) is 0 Å². The number of aromatic nitrogens is 3. The molecule has 1 amide bonds. The summed E-state index contributed by atoms with van der Waals surface area (Å²) >= 11 is 0. The summed E-state index contributed by atoms with van der Waals surface area (Å²) in [5.41, 5.74) is 0.627. The Morgan fingerprint density at radius 3 is 2.74 bits per heavy atom. The maximum Gasteiger partial charge on any atom is 0.243 e. The number of hydrogen-bond donors (Lipinski definition) is 1. The first-order valence-corrected chi connectivity index (χ1v) is 14.4. The number of aliphatic hydroxyl groups is 1. The van der Waals surface area contributed by atoms with E-state index < -0.39 is 16.1 Å². The average molecular weight is 552 g/mol. The summed E-state index contributed by atoms with van der Waals surface area (Å²) in [5, 5.41) is 18.0. The Balaban J connectivity index is 1.57. The zero-order valence-corrected chi connectivity index (χ0v) is 23.0. The van der Waals surface area contributed by atoms with Crippen LogP contribution in [-0.2, 0) is 32.7 Å². The monoisotopic (exact) mass is 551 g/mol. The Kier molecular flexibility index (Phi) is 9.23. The molecule has 2 aliphatic heterocycles. The number of nitrogens with zero attached hydrogens (tertiary/aromatic N) is 5. The van der Waals surface area contributed by atoms with E-state index in [2.05, 4.69) is 10.3 Å². The Labute approximate surface area is 223 Å². The summed E-state index contributed by atoms with van der Waals surface area (Å²) in [4.78, 5) is 14.8. The molecular formula is C25H37N5O7S. The van der Waals surface area contributed by atoms with E-state index in [1.54, 1.807) is 28.8 Å². The lowest BCUT2D eigenvalue weighted by Crippen LogP contribution is -2.47. The van der Waals surface area contributed by atoms with Gasteiger partial charge in [-0.15, -0.1) is 5.10 Å². The molecule has 3 heterocycles. The Morgan fingerprint density at radius 1 is 1.21 bits per heavy atom. The summed E-state index contributed by atoms with van der Waals surface area (Å²) in [6.45, 7) is 5.54. The van der Waals surface area contributed by atoms with E-state index in [1.165, 1.54) is 23.5 Å². The van der Waals surface area contributed by atoms with Crippen molar-refractivity contribution >= 4 is 15.9 Å². The maximum atomic E-state index is 13.5. The SMILES string of the molecule is C[C@H]1CN([C@@H](C)CO)C(=O)CCCn2cc(nn2)CO[C@@H]1CN(C)S(=O)(=O)c1ccc2c(c1)OCCCO2. The van der Waals surface area contributed by atoms with Gasteiger partial charge in [0.2, 0.25) is 15.9 Å². The number of rotatable bonds is 6. The van der Waals surface area contributed by atoms with Crippen molar-refractivity contribution in [3.05, 3.63) is 30.1 Å². The van der Waals surface area contributed by atoms with E-state index in [0.29, 0.717) is 56.3 Å². The molecule has 0 saturated carbocycles. The highest BCUT2D eigenvalue weighted by Crippen LogP contribution is 2.33. The van der Waals surface area contributed by atoms with Crippen LogP contribution in [0.2, 0.25) is 0 Å². The molecule has 2 aromatic rings. The minimum absolute atomic E-state index is 0.0433. The van der Waals surface area contributed by atoms with E-state index >= 15 is 0 Å². The van der Waals surface area contributed by atoms with Gasteiger partial charge in [-0.2, -0.15) is 4.31 Å². The minimum Gasteiger partial charge on any atom is -0.490 e. The van der Waals surface area contributed by atoms with Crippen molar-refractivity contribution in [2.24, 2.45) is 5.92 Å². The molecule has 13 heteroatoms. The third kappa shape index (κ3) is 6.63. The van der Waals surface area contributed by atoms with Gasteiger partial charge in [-0.25, -0.2) is 8.42 Å². The molecule has 0 spiro atoms. The van der Waals surface area contributed by atoms with Crippen LogP contribution >= 0.6 is 0 Å². The fourth-order valence-corrected chi connectivity index (χ4v) is 5.73. The van der Waals surface area contributed by atoms with Gasteiger partial charge in [0.15, 0.2) is 11.5 Å².